The fraction of sp³-hybridized carbons (Fsp3) is 0.444. The summed E-state index contributed by atoms with van der Waals surface area (Å²) in [5.41, 5.74) is 0.384. The molecule has 8 heteroatoms. The van der Waals surface area contributed by atoms with Gasteiger partial charge in [0.05, 0.1) is 25.0 Å². The number of hydrogen-bond acceptors (Lipinski definition) is 7. The molecule has 0 spiro atoms. The van der Waals surface area contributed by atoms with E-state index in [1.807, 2.05) is 10.8 Å². The van der Waals surface area contributed by atoms with Gasteiger partial charge in [0.25, 0.3) is 0 Å². The Balaban J connectivity index is 2.08. The molecule has 0 saturated carbocycles. The van der Waals surface area contributed by atoms with Crippen LogP contribution in [0.2, 0.25) is 0 Å². The maximum atomic E-state index is 11.9. The van der Waals surface area contributed by atoms with Gasteiger partial charge >= 0.3 is 5.97 Å². The van der Waals surface area contributed by atoms with Crippen molar-refractivity contribution in [2.24, 2.45) is 0 Å². The van der Waals surface area contributed by atoms with Crippen molar-refractivity contribution in [1.29, 1.82) is 0 Å². The first kappa shape index (κ1) is 19.7. The highest BCUT2D eigenvalue weighted by Crippen LogP contribution is 2.29. The zero-order chi connectivity index (χ0) is 18.8. The Morgan fingerprint density at radius 3 is 2.65 bits per heavy atom. The first-order valence-electron chi connectivity index (χ1n) is 8.26. The Labute approximate surface area is 152 Å². The molecule has 1 aromatic carbocycles. The number of ether oxygens (including phenoxy) is 5. The van der Waals surface area contributed by atoms with Gasteiger partial charge in [-0.25, -0.2) is 9.78 Å². The predicted octanol–water partition coefficient (Wildman–Crippen LogP) is 2.14. The third kappa shape index (κ3) is 5.75. The van der Waals surface area contributed by atoms with Gasteiger partial charge in [-0.05, 0) is 25.1 Å². The van der Waals surface area contributed by atoms with Crippen LogP contribution < -0.4 is 9.47 Å². The molecule has 0 unspecified atom stereocenters. The van der Waals surface area contributed by atoms with E-state index in [9.17, 15) is 4.79 Å². The Kier molecular flexibility index (Phi) is 7.91. The quantitative estimate of drug-likeness (QED) is 0.446. The second-order valence-corrected chi connectivity index (χ2v) is 5.24. The van der Waals surface area contributed by atoms with Crippen LogP contribution in [0.15, 0.2) is 36.9 Å². The largest absolute Gasteiger partial charge is 0.488 e. The molecule has 0 amide bonds. The molecule has 0 bridgehead atoms. The van der Waals surface area contributed by atoms with Gasteiger partial charge in [-0.3, -0.25) is 0 Å². The van der Waals surface area contributed by atoms with Crippen molar-refractivity contribution in [3.63, 3.8) is 0 Å². The predicted molar refractivity (Wildman–Crippen MR) is 93.4 cm³/mol. The van der Waals surface area contributed by atoms with Gasteiger partial charge < -0.3 is 28.3 Å². The number of rotatable bonds is 11. The van der Waals surface area contributed by atoms with E-state index in [1.165, 1.54) is 14.2 Å². The monoisotopic (exact) mass is 364 g/mol. The summed E-state index contributed by atoms with van der Waals surface area (Å²) in [6, 6.07) is 4.92. The third-order valence-corrected chi connectivity index (χ3v) is 3.52. The maximum Gasteiger partial charge on any atom is 0.338 e. The molecule has 1 aromatic heterocycles. The average Bonchev–Trinajstić information content (AvgIpc) is 3.17. The molecule has 1 heterocycles. The number of esters is 1. The average molecular weight is 364 g/mol. The van der Waals surface area contributed by atoms with E-state index >= 15 is 0 Å². The van der Waals surface area contributed by atoms with Gasteiger partial charge in [-0.1, -0.05) is 0 Å². The number of aromatic nitrogens is 2. The normalized spacial score (nSPS) is 10.8. The topological polar surface area (TPSA) is 81.0 Å². The van der Waals surface area contributed by atoms with Gasteiger partial charge in [0.1, 0.15) is 13.2 Å². The van der Waals surface area contributed by atoms with E-state index in [-0.39, 0.29) is 6.61 Å². The number of hydrogen-bond donors (Lipinski definition) is 0. The van der Waals surface area contributed by atoms with Crippen molar-refractivity contribution in [2.45, 2.75) is 19.8 Å². The van der Waals surface area contributed by atoms with Crippen LogP contribution >= 0.6 is 0 Å². The van der Waals surface area contributed by atoms with Gasteiger partial charge in [0.15, 0.2) is 17.8 Å². The van der Waals surface area contributed by atoms with Gasteiger partial charge in [0.2, 0.25) is 0 Å². The standard InChI is InChI=1S/C18H24N2O6/c1-4-24-18(21)14-5-6-15(25-10-9-20-8-7-19-13-20)16(11-14)26-12-17(22-2)23-3/h5-8,11,13,17H,4,9-10,12H2,1-3H3. The number of methoxy groups -OCH3 is 2. The summed E-state index contributed by atoms with van der Waals surface area (Å²) in [6.45, 7) is 3.26. The first-order chi connectivity index (χ1) is 12.7. The van der Waals surface area contributed by atoms with Crippen LogP contribution in [0, 0.1) is 0 Å². The summed E-state index contributed by atoms with van der Waals surface area (Å²) >= 11 is 0. The second kappa shape index (κ2) is 10.4. The molecule has 0 aliphatic carbocycles. The summed E-state index contributed by atoms with van der Waals surface area (Å²) < 4.78 is 28.7. The smallest absolute Gasteiger partial charge is 0.338 e. The Bertz CT molecular complexity index is 670. The molecule has 0 fully saturated rings. The molecule has 2 rings (SSSR count). The van der Waals surface area contributed by atoms with Crippen molar-refractivity contribution in [3.8, 4) is 11.5 Å². The summed E-state index contributed by atoms with van der Waals surface area (Å²) in [4.78, 5) is 15.9. The van der Waals surface area contributed by atoms with Crippen molar-refractivity contribution in [3.05, 3.63) is 42.5 Å². The minimum atomic E-state index is -0.528. The summed E-state index contributed by atoms with van der Waals surface area (Å²) in [7, 11) is 3.05. The summed E-state index contributed by atoms with van der Waals surface area (Å²) in [5, 5.41) is 0. The highest BCUT2D eigenvalue weighted by Gasteiger charge is 2.15. The molecule has 0 aliphatic heterocycles. The summed E-state index contributed by atoms with van der Waals surface area (Å²) in [5.74, 6) is 0.516. The van der Waals surface area contributed by atoms with E-state index in [0.29, 0.717) is 36.8 Å². The molecule has 0 aliphatic rings. The molecule has 2 aromatic rings. The Morgan fingerprint density at radius 1 is 1.19 bits per heavy atom. The minimum absolute atomic E-state index is 0.150. The molecular weight excluding hydrogens is 340 g/mol. The molecule has 0 N–H and O–H groups in total. The number of carbonyl (C=O) groups is 1. The van der Waals surface area contributed by atoms with Crippen LogP contribution in [-0.4, -0.2) is 55.9 Å². The first-order valence-corrected chi connectivity index (χ1v) is 8.26. The molecule has 0 saturated heterocycles. The van der Waals surface area contributed by atoms with Crippen LogP contribution in [0.5, 0.6) is 11.5 Å². The lowest BCUT2D eigenvalue weighted by atomic mass is 10.2. The molecule has 142 valence electrons. The van der Waals surface area contributed by atoms with Crippen molar-refractivity contribution < 1.29 is 28.5 Å². The van der Waals surface area contributed by atoms with Gasteiger partial charge in [-0.15, -0.1) is 0 Å². The maximum absolute atomic E-state index is 11.9. The van der Waals surface area contributed by atoms with Crippen molar-refractivity contribution >= 4 is 5.97 Å². The minimum Gasteiger partial charge on any atom is -0.488 e. The van der Waals surface area contributed by atoms with Crippen LogP contribution in [0.25, 0.3) is 0 Å². The lowest BCUT2D eigenvalue weighted by molar-refractivity contribution is -0.122. The van der Waals surface area contributed by atoms with E-state index in [4.69, 9.17) is 23.7 Å². The lowest BCUT2D eigenvalue weighted by Crippen LogP contribution is -2.22. The molecular formula is C18H24N2O6. The van der Waals surface area contributed by atoms with Crippen LogP contribution in [0.1, 0.15) is 17.3 Å². The van der Waals surface area contributed by atoms with Crippen molar-refractivity contribution in [1.82, 2.24) is 9.55 Å². The highest BCUT2D eigenvalue weighted by atomic mass is 16.7. The van der Waals surface area contributed by atoms with Gasteiger partial charge in [0, 0.05) is 26.6 Å². The highest BCUT2D eigenvalue weighted by molar-refractivity contribution is 5.90. The number of nitrogens with zero attached hydrogens (tertiary/aromatic N) is 2. The molecule has 0 atom stereocenters. The fourth-order valence-electron chi connectivity index (χ4n) is 2.15. The van der Waals surface area contributed by atoms with Crippen LogP contribution in [0.4, 0.5) is 0 Å². The molecule has 8 nitrogen and oxygen atoms in total. The van der Waals surface area contributed by atoms with Crippen LogP contribution in [0.3, 0.4) is 0 Å². The fourth-order valence-corrected chi connectivity index (χ4v) is 2.15. The van der Waals surface area contributed by atoms with Crippen molar-refractivity contribution in [2.75, 3.05) is 34.0 Å². The van der Waals surface area contributed by atoms with Gasteiger partial charge in [-0.2, -0.15) is 0 Å². The lowest BCUT2D eigenvalue weighted by Gasteiger charge is -2.17. The SMILES string of the molecule is CCOC(=O)c1ccc(OCCn2ccnc2)c(OCC(OC)OC)c1. The zero-order valence-corrected chi connectivity index (χ0v) is 15.2. The third-order valence-electron chi connectivity index (χ3n) is 3.52. The Hall–Kier alpha value is -2.58. The molecule has 0 radical (unpaired) electrons. The molecule has 26 heavy (non-hydrogen) atoms. The number of carbonyl (C=O) groups excluding carboxylic acids is 1. The van der Waals surface area contributed by atoms with E-state index in [1.54, 1.807) is 37.6 Å². The number of imidazole rings is 1. The van der Waals surface area contributed by atoms with E-state index < -0.39 is 12.3 Å². The van der Waals surface area contributed by atoms with E-state index in [2.05, 4.69) is 4.98 Å². The zero-order valence-electron chi connectivity index (χ0n) is 15.2. The second-order valence-electron chi connectivity index (χ2n) is 5.24. The Morgan fingerprint density at radius 2 is 2.00 bits per heavy atom. The van der Waals surface area contributed by atoms with E-state index in [0.717, 1.165) is 0 Å². The van der Waals surface area contributed by atoms with Crippen LogP contribution in [-0.2, 0) is 20.8 Å². The number of benzene rings is 1. The summed E-state index contributed by atoms with van der Waals surface area (Å²) in [6.07, 6.45) is 4.75.